The highest BCUT2D eigenvalue weighted by Gasteiger charge is 2.22. The fraction of sp³-hybridized carbons (Fsp3) is 0. The standard InChI is InChI=1S/C57H35N5O/c1-3-15-36(16-4-1)55-58-56(37-17-5-2-6-18-37)60-57(59-55)47-34-38(39-28-32-54-46(33-39)44-22-10-14-26-53(44)63-54)27-30-52(47)62-50-25-13-9-21-43(50)45-35-40(29-31-51(45)62)61-48-23-11-7-19-41(48)42-20-8-12-24-49(42)61/h1-35H. The van der Waals surface area contributed by atoms with Crippen LogP contribution in [0.4, 0.5) is 0 Å². The first-order valence-corrected chi connectivity index (χ1v) is 21.2. The minimum Gasteiger partial charge on any atom is -0.456 e. The molecule has 0 aliphatic heterocycles. The Morgan fingerprint density at radius 3 is 1.46 bits per heavy atom. The number of aromatic nitrogens is 5. The van der Waals surface area contributed by atoms with Crippen molar-refractivity contribution in [1.82, 2.24) is 24.1 Å². The highest BCUT2D eigenvalue weighted by molar-refractivity contribution is 6.13. The van der Waals surface area contributed by atoms with Gasteiger partial charge in [0.05, 0.1) is 27.8 Å². The van der Waals surface area contributed by atoms with Crippen molar-refractivity contribution in [1.29, 1.82) is 0 Å². The Kier molecular flexibility index (Phi) is 7.80. The first kappa shape index (κ1) is 35.2. The molecule has 0 aliphatic carbocycles. The number of furan rings is 1. The van der Waals surface area contributed by atoms with Crippen LogP contribution in [0.2, 0.25) is 0 Å². The highest BCUT2D eigenvalue weighted by atomic mass is 16.3. The van der Waals surface area contributed by atoms with E-state index in [9.17, 15) is 0 Å². The van der Waals surface area contributed by atoms with Gasteiger partial charge in [-0.25, -0.2) is 15.0 Å². The molecule has 0 atom stereocenters. The molecule has 0 fully saturated rings. The van der Waals surface area contributed by atoms with Crippen LogP contribution in [0.3, 0.4) is 0 Å². The highest BCUT2D eigenvalue weighted by Crippen LogP contribution is 2.41. The van der Waals surface area contributed by atoms with E-state index in [1.54, 1.807) is 0 Å². The zero-order valence-electron chi connectivity index (χ0n) is 33.9. The topological polar surface area (TPSA) is 61.7 Å². The third-order valence-electron chi connectivity index (χ3n) is 12.4. The summed E-state index contributed by atoms with van der Waals surface area (Å²) in [6.45, 7) is 0. The molecule has 0 saturated heterocycles. The van der Waals surface area contributed by atoms with Crippen molar-refractivity contribution < 1.29 is 4.42 Å². The summed E-state index contributed by atoms with van der Waals surface area (Å²) in [5, 5.41) is 6.96. The van der Waals surface area contributed by atoms with E-state index in [0.717, 1.165) is 82.9 Å². The zero-order valence-corrected chi connectivity index (χ0v) is 33.9. The number of hydrogen-bond donors (Lipinski definition) is 0. The van der Waals surface area contributed by atoms with Gasteiger partial charge < -0.3 is 13.6 Å². The molecule has 13 aromatic rings. The Bertz CT molecular complexity index is 3810. The molecule has 63 heavy (non-hydrogen) atoms. The first-order valence-electron chi connectivity index (χ1n) is 21.2. The Balaban J connectivity index is 1.08. The van der Waals surface area contributed by atoms with Gasteiger partial charge in [-0.15, -0.1) is 0 Å². The molecular formula is C57H35N5O. The lowest BCUT2D eigenvalue weighted by atomic mass is 9.99. The minimum atomic E-state index is 0.585. The Morgan fingerprint density at radius 1 is 0.302 bits per heavy atom. The second-order valence-electron chi connectivity index (χ2n) is 16.0. The molecule has 0 N–H and O–H groups in total. The van der Waals surface area contributed by atoms with Gasteiger partial charge >= 0.3 is 0 Å². The Labute approximate surface area is 361 Å². The zero-order chi connectivity index (χ0) is 41.4. The molecule has 9 aromatic carbocycles. The summed E-state index contributed by atoms with van der Waals surface area (Å²) in [7, 11) is 0. The van der Waals surface area contributed by atoms with Gasteiger partial charge in [0.25, 0.3) is 0 Å². The molecular weight excluding hydrogens is 771 g/mol. The van der Waals surface area contributed by atoms with E-state index in [2.05, 4.69) is 173 Å². The van der Waals surface area contributed by atoms with Crippen molar-refractivity contribution in [3.8, 4) is 56.7 Å². The quantitative estimate of drug-likeness (QED) is 0.168. The van der Waals surface area contributed by atoms with Crippen molar-refractivity contribution in [2.75, 3.05) is 0 Å². The van der Waals surface area contributed by atoms with Crippen LogP contribution in [0.25, 0.3) is 122 Å². The van der Waals surface area contributed by atoms with Gasteiger partial charge in [0.2, 0.25) is 0 Å². The first-order chi connectivity index (χ1) is 31.2. The molecule has 6 heteroatoms. The van der Waals surface area contributed by atoms with Gasteiger partial charge in [0.15, 0.2) is 17.5 Å². The average Bonchev–Trinajstić information content (AvgIpc) is 4.01. The predicted octanol–water partition coefficient (Wildman–Crippen LogP) is 14.6. The summed E-state index contributed by atoms with van der Waals surface area (Å²) >= 11 is 0. The molecule has 4 aromatic heterocycles. The maximum atomic E-state index is 6.24. The van der Waals surface area contributed by atoms with E-state index in [0.29, 0.717) is 17.5 Å². The fourth-order valence-corrected chi connectivity index (χ4v) is 9.48. The van der Waals surface area contributed by atoms with E-state index >= 15 is 0 Å². The van der Waals surface area contributed by atoms with Crippen LogP contribution in [0, 0.1) is 0 Å². The van der Waals surface area contributed by atoms with Crippen LogP contribution >= 0.6 is 0 Å². The lowest BCUT2D eigenvalue weighted by Gasteiger charge is -2.16. The smallest absolute Gasteiger partial charge is 0.166 e. The number of rotatable bonds is 6. The van der Waals surface area contributed by atoms with Crippen molar-refractivity contribution in [3.05, 3.63) is 212 Å². The molecule has 4 heterocycles. The fourth-order valence-electron chi connectivity index (χ4n) is 9.48. The van der Waals surface area contributed by atoms with E-state index in [4.69, 9.17) is 19.4 Å². The lowest BCUT2D eigenvalue weighted by Crippen LogP contribution is -2.04. The molecule has 0 bridgehead atoms. The van der Waals surface area contributed by atoms with Crippen LogP contribution in [0.5, 0.6) is 0 Å². The van der Waals surface area contributed by atoms with Crippen LogP contribution in [0.1, 0.15) is 0 Å². The van der Waals surface area contributed by atoms with Gasteiger partial charge in [0, 0.05) is 54.7 Å². The number of nitrogens with zero attached hydrogens (tertiary/aromatic N) is 5. The van der Waals surface area contributed by atoms with E-state index in [1.165, 1.54) is 21.8 Å². The number of para-hydroxylation sites is 4. The maximum absolute atomic E-state index is 6.24. The molecule has 0 unspecified atom stereocenters. The summed E-state index contributed by atoms with van der Waals surface area (Å²) in [6.07, 6.45) is 0. The summed E-state index contributed by atoms with van der Waals surface area (Å²) in [5.41, 5.74) is 13.2. The Hall–Kier alpha value is -8.61. The van der Waals surface area contributed by atoms with E-state index in [1.807, 2.05) is 48.5 Å². The summed E-state index contributed by atoms with van der Waals surface area (Å²) in [4.78, 5) is 15.7. The van der Waals surface area contributed by atoms with Crippen LogP contribution in [0.15, 0.2) is 217 Å². The summed E-state index contributed by atoms with van der Waals surface area (Å²) < 4.78 is 11.0. The molecule has 13 rings (SSSR count). The van der Waals surface area contributed by atoms with Gasteiger partial charge in [-0.3, -0.25) is 0 Å². The van der Waals surface area contributed by atoms with Gasteiger partial charge in [0.1, 0.15) is 11.2 Å². The molecule has 0 radical (unpaired) electrons. The molecule has 0 amide bonds. The number of fused-ring (bicyclic) bond motifs is 9. The molecule has 0 saturated carbocycles. The number of hydrogen-bond acceptors (Lipinski definition) is 4. The molecule has 294 valence electrons. The van der Waals surface area contributed by atoms with Crippen molar-refractivity contribution in [2.45, 2.75) is 0 Å². The monoisotopic (exact) mass is 805 g/mol. The van der Waals surface area contributed by atoms with Crippen molar-refractivity contribution in [2.24, 2.45) is 0 Å². The predicted molar refractivity (Wildman–Crippen MR) is 258 cm³/mol. The lowest BCUT2D eigenvalue weighted by molar-refractivity contribution is 0.669. The molecule has 6 nitrogen and oxygen atoms in total. The maximum Gasteiger partial charge on any atom is 0.166 e. The largest absolute Gasteiger partial charge is 0.456 e. The average molecular weight is 806 g/mol. The normalized spacial score (nSPS) is 11.8. The van der Waals surface area contributed by atoms with Gasteiger partial charge in [-0.2, -0.15) is 0 Å². The van der Waals surface area contributed by atoms with E-state index < -0.39 is 0 Å². The van der Waals surface area contributed by atoms with Crippen LogP contribution in [-0.2, 0) is 0 Å². The van der Waals surface area contributed by atoms with Crippen molar-refractivity contribution in [3.63, 3.8) is 0 Å². The Morgan fingerprint density at radius 2 is 0.794 bits per heavy atom. The minimum absolute atomic E-state index is 0.585. The van der Waals surface area contributed by atoms with Gasteiger partial charge in [-0.05, 0) is 77.9 Å². The number of benzene rings is 9. The van der Waals surface area contributed by atoms with Crippen LogP contribution < -0.4 is 0 Å². The third kappa shape index (κ3) is 5.62. The second kappa shape index (κ2) is 14.0. The van der Waals surface area contributed by atoms with Crippen LogP contribution in [-0.4, -0.2) is 24.1 Å². The van der Waals surface area contributed by atoms with Crippen molar-refractivity contribution >= 4 is 65.6 Å². The summed E-state index contributed by atoms with van der Waals surface area (Å²) in [5.74, 6) is 1.81. The van der Waals surface area contributed by atoms with E-state index in [-0.39, 0.29) is 0 Å². The second-order valence-corrected chi connectivity index (χ2v) is 16.0. The molecule has 0 aliphatic rings. The summed E-state index contributed by atoms with van der Waals surface area (Å²) in [6, 6.07) is 74.6. The molecule has 0 spiro atoms. The SMILES string of the molecule is c1ccc(-c2nc(-c3ccccc3)nc(-c3cc(-c4ccc5oc6ccccc6c5c4)ccc3-n3c4ccccc4c4cc(-n5c6ccccc6c6ccccc65)ccc43)n2)cc1. The third-order valence-corrected chi connectivity index (χ3v) is 12.4. The van der Waals surface area contributed by atoms with Gasteiger partial charge in [-0.1, -0.05) is 146 Å².